The Kier molecular flexibility index (Phi) is 18.9. The molecule has 2 rings (SSSR count). The smallest absolute Gasteiger partial charge is 0.0464 e. The molecule has 1 N–H and O–H groups in total. The number of rotatable bonds is 5. The largest absolute Gasteiger partial charge is 0.377 e. The van der Waals surface area contributed by atoms with Crippen molar-refractivity contribution in [3.63, 3.8) is 0 Å². The minimum absolute atomic E-state index is 1.15. The zero-order valence-electron chi connectivity index (χ0n) is 18.8. The quantitative estimate of drug-likeness (QED) is 0.525. The third-order valence-electron chi connectivity index (χ3n) is 3.50. The van der Waals surface area contributed by atoms with Crippen LogP contribution in [0.25, 0.3) is 12.2 Å². The Hall–Kier alpha value is -2.61. The van der Waals surface area contributed by atoms with Crippen LogP contribution in [0.15, 0.2) is 61.2 Å². The van der Waals surface area contributed by atoms with Crippen LogP contribution in [-0.2, 0) is 0 Å². The van der Waals surface area contributed by atoms with Crippen molar-refractivity contribution in [1.82, 2.24) is 0 Å². The number of aryl methyl sites for hydroxylation is 1. The van der Waals surface area contributed by atoms with E-state index in [0.717, 1.165) is 6.42 Å². The highest BCUT2D eigenvalue weighted by molar-refractivity contribution is 5.70. The van der Waals surface area contributed by atoms with Gasteiger partial charge in [0.05, 0.1) is 0 Å². The second kappa shape index (κ2) is 19.2. The summed E-state index contributed by atoms with van der Waals surface area (Å²) in [5.74, 6) is 0. The van der Waals surface area contributed by atoms with Crippen LogP contribution in [0, 0.1) is 12.3 Å². The molecule has 0 radical (unpaired) electrons. The minimum Gasteiger partial charge on any atom is -0.377 e. The molecular weight excluding hydrogens is 340 g/mol. The van der Waals surface area contributed by atoms with Crippen LogP contribution < -0.4 is 4.90 Å². The molecule has 0 unspecified atom stereocenters. The fraction of sp³-hybridized carbons (Fsp3) is 0.346. The molecule has 0 aliphatic heterocycles. The highest BCUT2D eigenvalue weighted by atomic mass is 15.1. The molecule has 0 saturated heterocycles. The van der Waals surface area contributed by atoms with Crippen LogP contribution >= 0.6 is 0 Å². The van der Waals surface area contributed by atoms with Gasteiger partial charge in [-0.2, -0.15) is 0 Å². The summed E-state index contributed by atoms with van der Waals surface area (Å²) in [6.45, 7) is 14.7. The van der Waals surface area contributed by atoms with E-state index in [1.54, 1.807) is 0 Å². The Morgan fingerprint density at radius 3 is 1.93 bits per heavy atom. The number of benzene rings is 2. The van der Waals surface area contributed by atoms with Gasteiger partial charge in [-0.25, -0.2) is 0 Å². The van der Waals surface area contributed by atoms with Gasteiger partial charge in [-0.05, 0) is 36.8 Å². The summed E-state index contributed by atoms with van der Waals surface area (Å²) in [5.41, 5.74) is 5.14. The van der Waals surface area contributed by atoms with E-state index in [9.17, 15) is 0 Å². The fourth-order valence-corrected chi connectivity index (χ4v) is 2.39. The van der Waals surface area contributed by atoms with Gasteiger partial charge >= 0.3 is 0 Å². The molecule has 0 saturated carbocycles. The molecule has 0 atom stereocenters. The fourth-order valence-electron chi connectivity index (χ4n) is 2.39. The van der Waals surface area contributed by atoms with E-state index in [4.69, 9.17) is 5.41 Å². The average Bonchev–Trinajstić information content (AvgIpc) is 2.71. The number of hydrogen-bond donors (Lipinski definition) is 1. The van der Waals surface area contributed by atoms with Crippen molar-refractivity contribution in [3.8, 4) is 0 Å². The van der Waals surface area contributed by atoms with Gasteiger partial charge in [0.1, 0.15) is 0 Å². The molecule has 2 nitrogen and oxygen atoms in total. The van der Waals surface area contributed by atoms with Gasteiger partial charge in [0.15, 0.2) is 0 Å². The van der Waals surface area contributed by atoms with E-state index in [1.165, 1.54) is 35.2 Å². The Labute approximate surface area is 174 Å². The Morgan fingerprint density at radius 2 is 1.50 bits per heavy atom. The molecular formula is C26H40N2. The first kappa shape index (κ1) is 27.6. The van der Waals surface area contributed by atoms with Gasteiger partial charge in [-0.3, -0.25) is 0 Å². The van der Waals surface area contributed by atoms with Gasteiger partial charge in [0.2, 0.25) is 0 Å². The number of nitrogens with zero attached hydrogens (tertiary/aromatic N) is 1. The van der Waals surface area contributed by atoms with Crippen LogP contribution in [0.1, 0.15) is 56.7 Å². The molecule has 2 aromatic carbocycles. The average molecular weight is 381 g/mol. The first-order chi connectivity index (χ1) is 13.5. The lowest BCUT2D eigenvalue weighted by Crippen LogP contribution is -2.11. The van der Waals surface area contributed by atoms with Crippen LogP contribution in [0.2, 0.25) is 0 Å². The molecule has 0 bridgehead atoms. The van der Waals surface area contributed by atoms with E-state index in [2.05, 4.69) is 90.3 Å². The molecule has 28 heavy (non-hydrogen) atoms. The number of allylic oxidation sites excluding steroid dienone is 1. The lowest BCUT2D eigenvalue weighted by atomic mass is 10.1. The lowest BCUT2D eigenvalue weighted by Gasteiger charge is -2.18. The van der Waals surface area contributed by atoms with Gasteiger partial charge in [0.25, 0.3) is 0 Å². The van der Waals surface area contributed by atoms with Crippen LogP contribution in [0.5, 0.6) is 0 Å². The summed E-state index contributed by atoms with van der Waals surface area (Å²) < 4.78 is 0. The highest BCUT2D eigenvalue weighted by Crippen LogP contribution is 2.24. The van der Waals surface area contributed by atoms with Gasteiger partial charge in [0, 0.05) is 19.8 Å². The molecule has 0 spiro atoms. The maximum atomic E-state index is 5.50. The molecule has 0 fully saturated rings. The summed E-state index contributed by atoms with van der Waals surface area (Å²) in [4.78, 5) is 2.18. The van der Waals surface area contributed by atoms with Crippen LogP contribution in [0.4, 0.5) is 5.69 Å². The van der Waals surface area contributed by atoms with Crippen molar-refractivity contribution < 1.29 is 0 Å². The monoisotopic (exact) mass is 380 g/mol. The van der Waals surface area contributed by atoms with Crippen molar-refractivity contribution in [2.24, 2.45) is 0 Å². The Morgan fingerprint density at radius 1 is 0.929 bits per heavy atom. The molecule has 0 heterocycles. The predicted molar refractivity (Wildman–Crippen MR) is 132 cm³/mol. The van der Waals surface area contributed by atoms with Crippen molar-refractivity contribution in [2.45, 2.75) is 47.0 Å². The second-order valence-corrected chi connectivity index (χ2v) is 6.42. The minimum atomic E-state index is 1.15. The standard InChI is InChI=1S/C14H21N.C8H8.C3H8.CH3N/c1-5-6-7-10-13-11-8-9-12(2)14(13)15(3)4;1-2-8-6-4-3-5-7-8;1-3-2;1-2/h7-11H,5-6H2,1-4H3;2-7H,1H2;3H2,1-2H3;2H,1H2/b10-7+;;;. The lowest BCUT2D eigenvalue weighted by molar-refractivity contribution is 0.962. The van der Waals surface area contributed by atoms with Crippen LogP contribution in [0.3, 0.4) is 0 Å². The predicted octanol–water partition coefficient (Wildman–Crippen LogP) is 7.89. The van der Waals surface area contributed by atoms with E-state index in [0.29, 0.717) is 0 Å². The van der Waals surface area contributed by atoms with Gasteiger partial charge in [-0.15, -0.1) is 0 Å². The Bertz CT molecular complexity index is 643. The number of hydrogen-bond acceptors (Lipinski definition) is 2. The van der Waals surface area contributed by atoms with Crippen LogP contribution in [-0.4, -0.2) is 20.8 Å². The molecule has 0 aliphatic rings. The molecule has 154 valence electrons. The number of para-hydroxylation sites is 1. The van der Waals surface area contributed by atoms with E-state index >= 15 is 0 Å². The topological polar surface area (TPSA) is 27.1 Å². The number of unbranched alkanes of at least 4 members (excludes halogenated alkanes) is 1. The van der Waals surface area contributed by atoms with Crippen molar-refractivity contribution in [2.75, 3.05) is 19.0 Å². The zero-order chi connectivity index (χ0) is 21.8. The number of nitrogens with one attached hydrogen (secondary N) is 1. The molecule has 2 heteroatoms. The van der Waals surface area contributed by atoms with Gasteiger partial charge < -0.3 is 10.3 Å². The van der Waals surface area contributed by atoms with Crippen molar-refractivity contribution in [1.29, 1.82) is 5.41 Å². The summed E-state index contributed by atoms with van der Waals surface area (Å²) in [6.07, 6.45) is 9.92. The third kappa shape index (κ3) is 12.7. The van der Waals surface area contributed by atoms with E-state index in [-0.39, 0.29) is 0 Å². The van der Waals surface area contributed by atoms with Crippen molar-refractivity contribution in [3.05, 3.63) is 77.9 Å². The summed E-state index contributed by atoms with van der Waals surface area (Å²) >= 11 is 0. The van der Waals surface area contributed by atoms with Crippen molar-refractivity contribution >= 4 is 24.6 Å². The first-order valence-corrected chi connectivity index (χ1v) is 9.97. The van der Waals surface area contributed by atoms with E-state index < -0.39 is 0 Å². The summed E-state index contributed by atoms with van der Waals surface area (Å²) in [5, 5.41) is 5.50. The van der Waals surface area contributed by atoms with Gasteiger partial charge in [-0.1, -0.05) is 107 Å². The first-order valence-electron chi connectivity index (χ1n) is 9.97. The number of anilines is 1. The summed E-state index contributed by atoms with van der Waals surface area (Å²) in [6, 6.07) is 16.5. The van der Waals surface area contributed by atoms with E-state index in [1.807, 2.05) is 36.4 Å². The molecule has 2 aromatic rings. The summed E-state index contributed by atoms with van der Waals surface area (Å²) in [7, 11) is 4.19. The third-order valence-corrected chi connectivity index (χ3v) is 3.50. The SMILES string of the molecule is C=Cc1ccccc1.C=N.CCC.CCC/C=C/c1cccc(C)c1N(C)C. The maximum absolute atomic E-state index is 5.50. The highest BCUT2D eigenvalue weighted by Gasteiger charge is 2.04. The molecule has 0 aromatic heterocycles. The zero-order valence-corrected chi connectivity index (χ0v) is 18.8. The normalized spacial score (nSPS) is 9.07. The maximum Gasteiger partial charge on any atom is 0.0464 e. The second-order valence-electron chi connectivity index (χ2n) is 6.42. The Balaban J connectivity index is 0. The molecule has 0 aliphatic carbocycles. The molecule has 0 amide bonds.